The van der Waals surface area contributed by atoms with Crippen molar-refractivity contribution in [2.45, 2.75) is 58.6 Å². The highest BCUT2D eigenvalue weighted by Crippen LogP contribution is 2.33. The maximum Gasteiger partial charge on any atom is 0.326 e. The van der Waals surface area contributed by atoms with E-state index in [0.717, 1.165) is 19.3 Å². The number of hydrogen-bond acceptors (Lipinski definition) is 3. The van der Waals surface area contributed by atoms with Crippen LogP contribution in [0.2, 0.25) is 0 Å². The van der Waals surface area contributed by atoms with Gasteiger partial charge in [0.1, 0.15) is 12.1 Å². The largest absolute Gasteiger partial charge is 0.480 e. The summed E-state index contributed by atoms with van der Waals surface area (Å²) in [5.41, 5.74) is 0. The Labute approximate surface area is 114 Å². The molecule has 1 aliphatic rings. The number of carbonyl (C=O) groups is 2. The summed E-state index contributed by atoms with van der Waals surface area (Å²) in [6.45, 7) is 6.35. The summed E-state index contributed by atoms with van der Waals surface area (Å²) in [6, 6.07) is -0.781. The van der Waals surface area contributed by atoms with Crippen LogP contribution < -0.4 is 5.32 Å². The predicted molar refractivity (Wildman–Crippen MR) is 71.8 cm³/mol. The van der Waals surface area contributed by atoms with Crippen LogP contribution in [0.5, 0.6) is 0 Å². The lowest BCUT2D eigenvalue weighted by atomic mass is 10.1. The van der Waals surface area contributed by atoms with Gasteiger partial charge in [-0.25, -0.2) is 4.79 Å². The molecule has 0 saturated heterocycles. The Hall–Kier alpha value is -1.10. The normalized spacial score (nSPS) is 18.1. The Morgan fingerprint density at radius 2 is 1.95 bits per heavy atom. The first-order valence-corrected chi connectivity index (χ1v) is 7.05. The second-order valence-corrected chi connectivity index (χ2v) is 5.77. The average molecular weight is 271 g/mol. The summed E-state index contributed by atoms with van der Waals surface area (Å²) in [4.78, 5) is 22.9. The molecule has 2 atom stereocenters. The molecule has 1 aliphatic carbocycles. The van der Waals surface area contributed by atoms with Gasteiger partial charge in [0.25, 0.3) is 0 Å². The van der Waals surface area contributed by atoms with Crippen LogP contribution >= 0.6 is 0 Å². The highest BCUT2D eigenvalue weighted by molar-refractivity contribution is 5.86. The number of rotatable bonds is 9. The van der Waals surface area contributed by atoms with E-state index in [2.05, 4.69) is 19.2 Å². The van der Waals surface area contributed by atoms with Crippen molar-refractivity contribution < 1.29 is 19.4 Å². The number of amides is 1. The molecule has 5 heteroatoms. The molecule has 0 heterocycles. The van der Waals surface area contributed by atoms with Crippen molar-refractivity contribution in [1.82, 2.24) is 5.32 Å². The molecule has 2 N–H and O–H groups in total. The molecule has 19 heavy (non-hydrogen) atoms. The summed E-state index contributed by atoms with van der Waals surface area (Å²) in [6.07, 6.45) is 2.96. The van der Waals surface area contributed by atoms with E-state index in [4.69, 9.17) is 9.84 Å². The van der Waals surface area contributed by atoms with Crippen LogP contribution in [0.1, 0.15) is 46.5 Å². The number of hydrogen-bond donors (Lipinski definition) is 2. The molecule has 1 rings (SSSR count). The second-order valence-electron chi connectivity index (χ2n) is 5.77. The fourth-order valence-corrected chi connectivity index (χ4v) is 1.75. The summed E-state index contributed by atoms with van der Waals surface area (Å²) in [5, 5.41) is 11.6. The van der Waals surface area contributed by atoms with Crippen LogP contribution in [0.15, 0.2) is 0 Å². The van der Waals surface area contributed by atoms with Crippen LogP contribution in [0.25, 0.3) is 0 Å². The first-order chi connectivity index (χ1) is 8.90. The van der Waals surface area contributed by atoms with Gasteiger partial charge in [0.15, 0.2) is 0 Å². The lowest BCUT2D eigenvalue weighted by Crippen LogP contribution is -2.45. The molecule has 0 aromatic rings. The van der Waals surface area contributed by atoms with E-state index < -0.39 is 18.1 Å². The van der Waals surface area contributed by atoms with E-state index in [1.165, 1.54) is 0 Å². The standard InChI is InChI=1S/C14H25NO4/c1-9(2)6-7-19-10(3)13(16)15-12(14(17)18)8-11-4-5-11/h9-12H,4-8H2,1-3H3,(H,15,16)(H,17,18). The molecule has 5 nitrogen and oxygen atoms in total. The van der Waals surface area contributed by atoms with E-state index >= 15 is 0 Å². The summed E-state index contributed by atoms with van der Waals surface area (Å²) < 4.78 is 5.41. The maximum absolute atomic E-state index is 11.8. The van der Waals surface area contributed by atoms with Crippen LogP contribution in [0.4, 0.5) is 0 Å². The molecule has 1 saturated carbocycles. The number of aliphatic carboxylic acids is 1. The summed E-state index contributed by atoms with van der Waals surface area (Å²) in [5.74, 6) is -0.318. The number of carboxylic acids is 1. The fourth-order valence-electron chi connectivity index (χ4n) is 1.75. The van der Waals surface area contributed by atoms with Gasteiger partial charge in [-0.2, -0.15) is 0 Å². The zero-order valence-electron chi connectivity index (χ0n) is 12.0. The van der Waals surface area contributed by atoms with Crippen molar-refractivity contribution >= 4 is 11.9 Å². The van der Waals surface area contributed by atoms with Crippen LogP contribution in [-0.4, -0.2) is 35.7 Å². The third-order valence-corrected chi connectivity index (χ3v) is 3.31. The molecule has 2 unspecified atom stereocenters. The van der Waals surface area contributed by atoms with Crippen molar-refractivity contribution in [2.24, 2.45) is 11.8 Å². The Morgan fingerprint density at radius 1 is 1.32 bits per heavy atom. The Kier molecular flexibility index (Phi) is 6.28. The Bertz CT molecular complexity index is 313. The van der Waals surface area contributed by atoms with Crippen molar-refractivity contribution in [2.75, 3.05) is 6.61 Å². The van der Waals surface area contributed by atoms with Crippen molar-refractivity contribution in [1.29, 1.82) is 0 Å². The topological polar surface area (TPSA) is 75.6 Å². The molecule has 1 amide bonds. The smallest absolute Gasteiger partial charge is 0.326 e. The highest BCUT2D eigenvalue weighted by Gasteiger charge is 2.31. The molecule has 1 fully saturated rings. The SMILES string of the molecule is CC(C)CCOC(C)C(=O)NC(CC1CC1)C(=O)O. The molecular formula is C14H25NO4. The monoisotopic (exact) mass is 271 g/mol. The first kappa shape index (κ1) is 16.0. The van der Waals surface area contributed by atoms with E-state index in [1.54, 1.807) is 6.92 Å². The number of carboxylic acid groups (broad SMARTS) is 1. The van der Waals surface area contributed by atoms with Gasteiger partial charge in [-0.05, 0) is 31.6 Å². The first-order valence-electron chi connectivity index (χ1n) is 7.05. The van der Waals surface area contributed by atoms with Gasteiger partial charge in [0.05, 0.1) is 0 Å². The minimum absolute atomic E-state index is 0.336. The Morgan fingerprint density at radius 3 is 2.42 bits per heavy atom. The lowest BCUT2D eigenvalue weighted by molar-refractivity contribution is -0.144. The molecular weight excluding hydrogens is 246 g/mol. The lowest BCUT2D eigenvalue weighted by Gasteiger charge is -2.18. The minimum Gasteiger partial charge on any atom is -0.480 e. The van der Waals surface area contributed by atoms with Crippen LogP contribution in [0.3, 0.4) is 0 Å². The average Bonchev–Trinajstić information content (AvgIpc) is 3.11. The van der Waals surface area contributed by atoms with Gasteiger partial charge in [-0.1, -0.05) is 26.7 Å². The van der Waals surface area contributed by atoms with Crippen molar-refractivity contribution in [3.63, 3.8) is 0 Å². The van der Waals surface area contributed by atoms with Gasteiger partial charge in [0, 0.05) is 6.61 Å². The van der Waals surface area contributed by atoms with Gasteiger partial charge in [-0.3, -0.25) is 4.79 Å². The van der Waals surface area contributed by atoms with E-state index in [-0.39, 0.29) is 5.91 Å². The Balaban J connectivity index is 2.31. The predicted octanol–water partition coefficient (Wildman–Crippen LogP) is 1.81. The zero-order valence-corrected chi connectivity index (χ0v) is 12.0. The van der Waals surface area contributed by atoms with Gasteiger partial charge in [0.2, 0.25) is 5.91 Å². The van der Waals surface area contributed by atoms with Crippen molar-refractivity contribution in [3.8, 4) is 0 Å². The molecule has 0 aliphatic heterocycles. The second kappa shape index (κ2) is 7.48. The molecule has 0 bridgehead atoms. The third kappa shape index (κ3) is 6.57. The zero-order chi connectivity index (χ0) is 14.4. The number of carbonyl (C=O) groups excluding carboxylic acids is 1. The molecule has 0 radical (unpaired) electrons. The summed E-state index contributed by atoms with van der Waals surface area (Å²) in [7, 11) is 0. The number of nitrogens with one attached hydrogen (secondary N) is 1. The molecule has 0 spiro atoms. The highest BCUT2D eigenvalue weighted by atomic mass is 16.5. The van der Waals surface area contributed by atoms with E-state index in [1.807, 2.05) is 0 Å². The third-order valence-electron chi connectivity index (χ3n) is 3.31. The summed E-state index contributed by atoms with van der Waals surface area (Å²) >= 11 is 0. The van der Waals surface area contributed by atoms with Crippen LogP contribution in [-0.2, 0) is 14.3 Å². The quantitative estimate of drug-likeness (QED) is 0.670. The maximum atomic E-state index is 11.8. The van der Waals surface area contributed by atoms with Gasteiger partial charge >= 0.3 is 5.97 Å². The minimum atomic E-state index is -0.963. The van der Waals surface area contributed by atoms with Gasteiger partial charge in [-0.15, -0.1) is 0 Å². The number of ether oxygens (including phenoxy) is 1. The molecule has 110 valence electrons. The van der Waals surface area contributed by atoms with Crippen LogP contribution in [0, 0.1) is 11.8 Å². The van der Waals surface area contributed by atoms with Gasteiger partial charge < -0.3 is 15.2 Å². The fraction of sp³-hybridized carbons (Fsp3) is 0.857. The van der Waals surface area contributed by atoms with Crippen molar-refractivity contribution in [3.05, 3.63) is 0 Å². The molecule has 0 aromatic heterocycles. The molecule has 0 aromatic carbocycles. The van der Waals surface area contributed by atoms with E-state index in [9.17, 15) is 9.59 Å². The van der Waals surface area contributed by atoms with E-state index in [0.29, 0.717) is 24.9 Å².